The number of hydrogen-bond acceptors (Lipinski definition) is 4. The Morgan fingerprint density at radius 2 is 1.92 bits per heavy atom. The second-order valence-electron chi connectivity index (χ2n) is 5.09. The topological polar surface area (TPSA) is 47.9 Å². The Bertz CT molecular complexity index is 917. The summed E-state index contributed by atoms with van der Waals surface area (Å²) in [5.41, 5.74) is 1.67. The van der Waals surface area contributed by atoms with Crippen LogP contribution in [0.5, 0.6) is 5.75 Å². The van der Waals surface area contributed by atoms with E-state index in [1.54, 1.807) is 37.5 Å². The fourth-order valence-electron chi connectivity index (χ4n) is 2.22. The van der Waals surface area contributed by atoms with E-state index in [4.69, 9.17) is 32.7 Å². The molecule has 2 aromatic rings. The average molecular weight is 374 g/mol. The maximum atomic E-state index is 12.0. The van der Waals surface area contributed by atoms with E-state index in [0.717, 1.165) is 11.3 Å². The first-order valence-corrected chi connectivity index (χ1v) is 8.12. The predicted molar refractivity (Wildman–Crippen MR) is 99.2 cm³/mol. The molecule has 3 rings (SSSR count). The number of halogens is 2. The highest BCUT2D eigenvalue weighted by Gasteiger charge is 2.23. The lowest BCUT2D eigenvalue weighted by molar-refractivity contribution is -0.130. The lowest BCUT2D eigenvalue weighted by Gasteiger charge is -2.02. The van der Waals surface area contributed by atoms with Crippen molar-refractivity contribution >= 4 is 41.1 Å². The predicted octanol–water partition coefficient (Wildman–Crippen LogP) is 4.90. The Kier molecular flexibility index (Phi) is 5.22. The van der Waals surface area contributed by atoms with Gasteiger partial charge in [-0.1, -0.05) is 53.6 Å². The lowest BCUT2D eigenvalue weighted by Crippen LogP contribution is -2.05. The third-order valence-corrected chi connectivity index (χ3v) is 4.19. The number of carbonyl (C=O) groups is 1. The first-order valence-electron chi connectivity index (χ1n) is 7.36. The van der Waals surface area contributed by atoms with Gasteiger partial charge in [0.25, 0.3) is 0 Å². The quantitative estimate of drug-likeness (QED) is 0.565. The van der Waals surface area contributed by atoms with Crippen LogP contribution in [0.15, 0.2) is 65.3 Å². The van der Waals surface area contributed by atoms with Crippen LogP contribution < -0.4 is 4.74 Å². The van der Waals surface area contributed by atoms with E-state index in [-0.39, 0.29) is 11.6 Å². The Balaban J connectivity index is 1.83. The summed E-state index contributed by atoms with van der Waals surface area (Å²) in [4.78, 5) is 16.2. The number of esters is 1. The number of cyclic esters (lactones) is 1. The summed E-state index contributed by atoms with van der Waals surface area (Å²) >= 11 is 11.9. The zero-order valence-electron chi connectivity index (χ0n) is 13.2. The molecule has 0 amide bonds. The average Bonchev–Trinajstić information content (AvgIpc) is 2.98. The molecule has 1 aliphatic rings. The number of aliphatic imine (C=N–C) groups is 1. The summed E-state index contributed by atoms with van der Waals surface area (Å²) < 4.78 is 10.5. The highest BCUT2D eigenvalue weighted by molar-refractivity contribution is 6.42. The van der Waals surface area contributed by atoms with Gasteiger partial charge in [-0.05, 0) is 30.3 Å². The molecule has 0 saturated heterocycles. The number of methoxy groups -OCH3 is 1. The molecular formula is C19H13Cl2NO3. The largest absolute Gasteiger partial charge is 0.496 e. The van der Waals surface area contributed by atoms with Gasteiger partial charge in [0, 0.05) is 11.1 Å². The zero-order chi connectivity index (χ0) is 17.8. The fourth-order valence-corrected chi connectivity index (χ4v) is 2.52. The Morgan fingerprint density at radius 1 is 1.12 bits per heavy atom. The molecule has 0 saturated carbocycles. The number of ether oxygens (including phenoxy) is 2. The van der Waals surface area contributed by atoms with Crippen molar-refractivity contribution in [3.05, 3.63) is 81.5 Å². The van der Waals surface area contributed by atoms with Crippen LogP contribution in [0.1, 0.15) is 11.1 Å². The highest BCUT2D eigenvalue weighted by Crippen LogP contribution is 2.25. The van der Waals surface area contributed by atoms with Gasteiger partial charge in [0.1, 0.15) is 5.75 Å². The molecule has 0 atom stereocenters. The lowest BCUT2D eigenvalue weighted by atomic mass is 10.2. The molecular weight excluding hydrogens is 361 g/mol. The molecule has 0 bridgehead atoms. The van der Waals surface area contributed by atoms with Crippen LogP contribution in [0, 0.1) is 0 Å². The van der Waals surface area contributed by atoms with Crippen molar-refractivity contribution in [2.75, 3.05) is 7.11 Å². The first kappa shape index (κ1) is 17.3. The van der Waals surface area contributed by atoms with Crippen LogP contribution in [-0.2, 0) is 9.53 Å². The van der Waals surface area contributed by atoms with Crippen molar-refractivity contribution in [3.63, 3.8) is 0 Å². The van der Waals surface area contributed by atoms with Gasteiger partial charge in [-0.3, -0.25) is 0 Å². The summed E-state index contributed by atoms with van der Waals surface area (Å²) in [7, 11) is 1.60. The molecule has 0 fully saturated rings. The van der Waals surface area contributed by atoms with Crippen LogP contribution in [0.25, 0.3) is 6.08 Å². The van der Waals surface area contributed by atoms with Gasteiger partial charge in [-0.25, -0.2) is 9.79 Å². The molecule has 1 heterocycles. The third-order valence-electron chi connectivity index (χ3n) is 3.46. The highest BCUT2D eigenvalue weighted by atomic mass is 35.5. The molecule has 6 heteroatoms. The van der Waals surface area contributed by atoms with Gasteiger partial charge in [-0.2, -0.15) is 0 Å². The van der Waals surface area contributed by atoms with Crippen molar-refractivity contribution in [1.82, 2.24) is 0 Å². The minimum absolute atomic E-state index is 0.195. The van der Waals surface area contributed by atoms with Crippen LogP contribution >= 0.6 is 23.2 Å². The number of allylic oxidation sites excluding steroid dienone is 2. The zero-order valence-corrected chi connectivity index (χ0v) is 14.7. The van der Waals surface area contributed by atoms with Crippen LogP contribution in [0.2, 0.25) is 10.0 Å². The van der Waals surface area contributed by atoms with Gasteiger partial charge >= 0.3 is 5.97 Å². The molecule has 0 unspecified atom stereocenters. The van der Waals surface area contributed by atoms with Crippen molar-refractivity contribution in [2.24, 2.45) is 4.99 Å². The van der Waals surface area contributed by atoms with E-state index in [1.807, 2.05) is 30.3 Å². The number of hydrogen-bond donors (Lipinski definition) is 0. The Hall–Kier alpha value is -2.56. The SMILES string of the molecule is COc1ccccc1C=CC=C1N=C(c2ccc(Cl)c(Cl)c2)OC1=O. The standard InChI is InChI=1S/C19H13Cl2NO3/c1-24-17-8-3-2-5-12(17)6-4-7-16-19(23)25-18(22-16)13-9-10-14(20)15(21)11-13/h2-11H,1H3. The second-order valence-corrected chi connectivity index (χ2v) is 5.90. The summed E-state index contributed by atoms with van der Waals surface area (Å²) in [6.07, 6.45) is 5.13. The van der Waals surface area contributed by atoms with Crippen LogP contribution in [0.3, 0.4) is 0 Å². The van der Waals surface area contributed by atoms with Gasteiger partial charge in [0.15, 0.2) is 5.70 Å². The van der Waals surface area contributed by atoms with Crippen molar-refractivity contribution in [2.45, 2.75) is 0 Å². The normalized spacial score (nSPS) is 15.6. The molecule has 4 nitrogen and oxygen atoms in total. The summed E-state index contributed by atoms with van der Waals surface area (Å²) in [5.74, 6) is 0.414. The minimum atomic E-state index is -0.522. The third kappa shape index (κ3) is 3.92. The Morgan fingerprint density at radius 3 is 2.68 bits per heavy atom. The number of benzene rings is 2. The van der Waals surface area contributed by atoms with E-state index in [2.05, 4.69) is 4.99 Å². The number of para-hydroxylation sites is 1. The van der Waals surface area contributed by atoms with E-state index in [0.29, 0.717) is 15.6 Å². The monoisotopic (exact) mass is 373 g/mol. The van der Waals surface area contributed by atoms with Crippen molar-refractivity contribution in [1.29, 1.82) is 0 Å². The van der Waals surface area contributed by atoms with Gasteiger partial charge in [0.2, 0.25) is 5.90 Å². The second kappa shape index (κ2) is 7.55. The number of nitrogens with zero attached hydrogens (tertiary/aromatic N) is 1. The summed E-state index contributed by atoms with van der Waals surface area (Å²) in [6, 6.07) is 12.5. The molecule has 25 heavy (non-hydrogen) atoms. The number of carbonyl (C=O) groups excluding carboxylic acids is 1. The molecule has 0 spiro atoms. The molecule has 0 aromatic heterocycles. The van der Waals surface area contributed by atoms with E-state index < -0.39 is 5.97 Å². The van der Waals surface area contributed by atoms with Gasteiger partial charge < -0.3 is 9.47 Å². The molecule has 1 aliphatic heterocycles. The molecule has 0 aliphatic carbocycles. The molecule has 2 aromatic carbocycles. The maximum Gasteiger partial charge on any atom is 0.363 e. The van der Waals surface area contributed by atoms with E-state index in [9.17, 15) is 4.79 Å². The van der Waals surface area contributed by atoms with Crippen molar-refractivity contribution < 1.29 is 14.3 Å². The fraction of sp³-hybridized carbons (Fsp3) is 0.0526. The number of rotatable bonds is 4. The smallest absolute Gasteiger partial charge is 0.363 e. The molecule has 0 radical (unpaired) electrons. The van der Waals surface area contributed by atoms with E-state index in [1.165, 1.54) is 0 Å². The van der Waals surface area contributed by atoms with E-state index >= 15 is 0 Å². The summed E-state index contributed by atoms with van der Waals surface area (Å²) in [6.45, 7) is 0. The minimum Gasteiger partial charge on any atom is -0.496 e. The van der Waals surface area contributed by atoms with Crippen LogP contribution in [0.4, 0.5) is 0 Å². The van der Waals surface area contributed by atoms with Crippen LogP contribution in [-0.4, -0.2) is 19.0 Å². The van der Waals surface area contributed by atoms with Crippen molar-refractivity contribution in [3.8, 4) is 5.75 Å². The van der Waals surface area contributed by atoms with Gasteiger partial charge in [0.05, 0.1) is 17.2 Å². The maximum absolute atomic E-state index is 12.0. The van der Waals surface area contributed by atoms with Gasteiger partial charge in [-0.15, -0.1) is 0 Å². The molecule has 0 N–H and O–H groups in total. The molecule has 126 valence electrons. The summed E-state index contributed by atoms with van der Waals surface area (Å²) in [5, 5.41) is 0.789. The first-order chi connectivity index (χ1) is 12.1. The Labute approximate surface area is 155 Å².